The first-order chi connectivity index (χ1) is 11.6. The maximum absolute atomic E-state index is 12.4. The van der Waals surface area contributed by atoms with E-state index in [0.29, 0.717) is 16.7 Å². The second kappa shape index (κ2) is 7.23. The number of benzene rings is 1. The van der Waals surface area contributed by atoms with E-state index in [-0.39, 0.29) is 5.91 Å². The lowest BCUT2D eigenvalue weighted by molar-refractivity contribution is 0.102. The predicted octanol–water partition coefficient (Wildman–Crippen LogP) is 4.66. The highest BCUT2D eigenvalue weighted by atomic mass is 32.1. The van der Waals surface area contributed by atoms with Gasteiger partial charge in [-0.1, -0.05) is 32.0 Å². The van der Waals surface area contributed by atoms with Crippen LogP contribution >= 0.6 is 11.3 Å². The highest BCUT2D eigenvalue weighted by Gasteiger charge is 2.14. The highest BCUT2D eigenvalue weighted by Crippen LogP contribution is 2.25. The van der Waals surface area contributed by atoms with Crippen LogP contribution in [-0.4, -0.2) is 15.9 Å². The number of amides is 1. The van der Waals surface area contributed by atoms with E-state index in [1.54, 1.807) is 17.8 Å². The molecule has 6 heteroatoms. The zero-order valence-corrected chi connectivity index (χ0v) is 14.3. The number of pyridine rings is 1. The molecule has 0 aliphatic carbocycles. The van der Waals surface area contributed by atoms with Gasteiger partial charge in [0.15, 0.2) is 5.13 Å². The van der Waals surface area contributed by atoms with Crippen LogP contribution in [0.25, 0.3) is 0 Å². The number of carbonyl (C=O) groups is 1. The van der Waals surface area contributed by atoms with Crippen LogP contribution in [0.4, 0.5) is 16.5 Å². The van der Waals surface area contributed by atoms with Crippen molar-refractivity contribution in [2.24, 2.45) is 0 Å². The summed E-state index contributed by atoms with van der Waals surface area (Å²) in [4.78, 5) is 20.8. The normalized spacial score (nSPS) is 10.6. The molecule has 0 unspecified atom stereocenters. The van der Waals surface area contributed by atoms with Crippen LogP contribution in [-0.2, 0) is 0 Å². The van der Waals surface area contributed by atoms with Gasteiger partial charge in [0.05, 0.1) is 11.9 Å². The molecule has 0 saturated heterocycles. The smallest absolute Gasteiger partial charge is 0.275 e. The van der Waals surface area contributed by atoms with E-state index in [2.05, 4.69) is 34.4 Å². The highest BCUT2D eigenvalue weighted by molar-refractivity contribution is 7.14. The Hall–Kier alpha value is -2.73. The Balaban J connectivity index is 1.73. The van der Waals surface area contributed by atoms with Gasteiger partial charge in [-0.25, -0.2) is 4.98 Å². The van der Waals surface area contributed by atoms with Crippen molar-refractivity contribution in [2.75, 3.05) is 10.6 Å². The average molecular weight is 338 g/mol. The lowest BCUT2D eigenvalue weighted by atomic mass is 10.0. The molecule has 2 N–H and O–H groups in total. The summed E-state index contributed by atoms with van der Waals surface area (Å²) in [5.74, 6) is 0.123. The molecule has 0 saturated carbocycles. The number of rotatable bonds is 5. The Labute approximate surface area is 144 Å². The van der Waals surface area contributed by atoms with Crippen molar-refractivity contribution < 1.29 is 4.79 Å². The quantitative estimate of drug-likeness (QED) is 0.710. The van der Waals surface area contributed by atoms with Crippen molar-refractivity contribution in [2.45, 2.75) is 19.8 Å². The van der Waals surface area contributed by atoms with Gasteiger partial charge in [0.1, 0.15) is 5.69 Å². The number of hydrogen-bond acceptors (Lipinski definition) is 5. The average Bonchev–Trinajstić information content (AvgIpc) is 3.05. The molecular formula is C18H18N4OS. The lowest BCUT2D eigenvalue weighted by Crippen LogP contribution is -2.14. The first-order valence-corrected chi connectivity index (χ1v) is 8.54. The molecule has 0 bridgehead atoms. The summed E-state index contributed by atoms with van der Waals surface area (Å²) in [6, 6.07) is 11.6. The number of nitrogens with zero attached hydrogens (tertiary/aromatic N) is 2. The molecule has 1 amide bonds. The SMILES string of the molecule is CC(C)c1ccccc1NC(=O)c1csc(Nc2cccnc2)n1. The van der Waals surface area contributed by atoms with Crippen LogP contribution in [0.1, 0.15) is 35.8 Å². The van der Waals surface area contributed by atoms with Crippen LogP contribution in [0.15, 0.2) is 54.2 Å². The number of aromatic nitrogens is 2. The summed E-state index contributed by atoms with van der Waals surface area (Å²) in [5, 5.41) is 8.49. The van der Waals surface area contributed by atoms with Crippen LogP contribution < -0.4 is 10.6 Å². The largest absolute Gasteiger partial charge is 0.330 e. The van der Waals surface area contributed by atoms with Crippen LogP contribution in [0.3, 0.4) is 0 Å². The summed E-state index contributed by atoms with van der Waals surface area (Å²) >= 11 is 1.38. The van der Waals surface area contributed by atoms with E-state index >= 15 is 0 Å². The van der Waals surface area contributed by atoms with Crippen molar-refractivity contribution in [3.8, 4) is 0 Å². The van der Waals surface area contributed by atoms with Crippen molar-refractivity contribution in [3.05, 3.63) is 65.4 Å². The van der Waals surface area contributed by atoms with E-state index in [0.717, 1.165) is 16.9 Å². The zero-order valence-electron chi connectivity index (χ0n) is 13.5. The third-order valence-corrected chi connectivity index (χ3v) is 4.24. The molecule has 3 rings (SSSR count). The summed E-state index contributed by atoms with van der Waals surface area (Å²) < 4.78 is 0. The van der Waals surface area contributed by atoms with E-state index in [1.807, 2.05) is 36.4 Å². The van der Waals surface area contributed by atoms with Crippen molar-refractivity contribution in [1.29, 1.82) is 0 Å². The van der Waals surface area contributed by atoms with Gasteiger partial charge in [0.2, 0.25) is 0 Å². The molecule has 5 nitrogen and oxygen atoms in total. The third kappa shape index (κ3) is 3.78. The first-order valence-electron chi connectivity index (χ1n) is 7.66. The number of nitrogens with one attached hydrogen (secondary N) is 2. The number of hydrogen-bond donors (Lipinski definition) is 2. The maximum atomic E-state index is 12.4. The first kappa shape index (κ1) is 16.1. The van der Waals surface area contributed by atoms with Gasteiger partial charge in [-0.05, 0) is 29.7 Å². The molecule has 2 aromatic heterocycles. The fraction of sp³-hybridized carbons (Fsp3) is 0.167. The minimum absolute atomic E-state index is 0.210. The lowest BCUT2D eigenvalue weighted by Gasteiger charge is -2.12. The molecule has 122 valence electrons. The molecule has 1 aromatic carbocycles. The van der Waals surface area contributed by atoms with Gasteiger partial charge < -0.3 is 10.6 Å². The Morgan fingerprint density at radius 1 is 1.17 bits per heavy atom. The molecule has 0 spiro atoms. The van der Waals surface area contributed by atoms with Crippen LogP contribution in [0, 0.1) is 0 Å². The monoisotopic (exact) mass is 338 g/mol. The molecule has 0 aliphatic rings. The van der Waals surface area contributed by atoms with E-state index in [4.69, 9.17) is 0 Å². The number of carbonyl (C=O) groups excluding carboxylic acids is 1. The molecule has 2 heterocycles. The number of para-hydroxylation sites is 1. The summed E-state index contributed by atoms with van der Waals surface area (Å²) in [5.41, 5.74) is 3.16. The summed E-state index contributed by atoms with van der Waals surface area (Å²) in [6.45, 7) is 4.20. The fourth-order valence-corrected chi connectivity index (χ4v) is 3.01. The zero-order chi connectivity index (χ0) is 16.9. The number of anilines is 3. The van der Waals surface area contributed by atoms with Crippen molar-refractivity contribution in [3.63, 3.8) is 0 Å². The van der Waals surface area contributed by atoms with E-state index in [9.17, 15) is 4.79 Å². The van der Waals surface area contributed by atoms with E-state index in [1.165, 1.54) is 11.3 Å². The standard InChI is InChI=1S/C18H18N4OS/c1-12(2)14-7-3-4-8-15(14)21-17(23)16-11-24-18(22-16)20-13-6-5-9-19-10-13/h3-12H,1-2H3,(H,20,22)(H,21,23). The molecule has 0 radical (unpaired) electrons. The molecular weight excluding hydrogens is 320 g/mol. The van der Waals surface area contributed by atoms with Gasteiger partial charge in [-0.3, -0.25) is 9.78 Å². The Bertz CT molecular complexity index is 830. The topological polar surface area (TPSA) is 66.9 Å². The van der Waals surface area contributed by atoms with Crippen molar-refractivity contribution >= 4 is 33.8 Å². The molecule has 3 aromatic rings. The molecule has 0 fully saturated rings. The molecule has 0 aliphatic heterocycles. The van der Waals surface area contributed by atoms with Gasteiger partial charge in [0, 0.05) is 17.3 Å². The molecule has 24 heavy (non-hydrogen) atoms. The van der Waals surface area contributed by atoms with Gasteiger partial charge >= 0.3 is 0 Å². The summed E-state index contributed by atoms with van der Waals surface area (Å²) in [7, 11) is 0. The molecule has 0 atom stereocenters. The predicted molar refractivity (Wildman–Crippen MR) is 98.1 cm³/mol. The second-order valence-corrected chi connectivity index (χ2v) is 6.46. The Kier molecular flexibility index (Phi) is 4.86. The Morgan fingerprint density at radius 2 is 2.00 bits per heavy atom. The summed E-state index contributed by atoms with van der Waals surface area (Å²) in [6.07, 6.45) is 3.41. The number of thiazole rings is 1. The second-order valence-electron chi connectivity index (χ2n) is 5.60. The maximum Gasteiger partial charge on any atom is 0.275 e. The van der Waals surface area contributed by atoms with Gasteiger partial charge in [0.25, 0.3) is 5.91 Å². The minimum atomic E-state index is -0.210. The van der Waals surface area contributed by atoms with Crippen LogP contribution in [0.5, 0.6) is 0 Å². The van der Waals surface area contributed by atoms with E-state index < -0.39 is 0 Å². The van der Waals surface area contributed by atoms with Crippen LogP contribution in [0.2, 0.25) is 0 Å². The minimum Gasteiger partial charge on any atom is -0.330 e. The Morgan fingerprint density at radius 3 is 2.75 bits per heavy atom. The fourth-order valence-electron chi connectivity index (χ4n) is 2.30. The van der Waals surface area contributed by atoms with Gasteiger partial charge in [-0.2, -0.15) is 0 Å². The van der Waals surface area contributed by atoms with Gasteiger partial charge in [-0.15, -0.1) is 11.3 Å². The third-order valence-electron chi connectivity index (χ3n) is 3.48. The van der Waals surface area contributed by atoms with Crippen molar-refractivity contribution in [1.82, 2.24) is 9.97 Å².